The Morgan fingerprint density at radius 3 is 2.60 bits per heavy atom. The summed E-state index contributed by atoms with van der Waals surface area (Å²) in [6.45, 7) is 1.33. The molecule has 5 heteroatoms. The molecule has 0 amide bonds. The number of oxime groups is 1. The zero-order valence-corrected chi connectivity index (χ0v) is 11.6. The first kappa shape index (κ1) is 14.1. The van der Waals surface area contributed by atoms with E-state index in [0.717, 1.165) is 9.79 Å². The molecule has 0 aromatic heterocycles. The van der Waals surface area contributed by atoms with Gasteiger partial charge in [-0.2, -0.15) is 0 Å². The maximum Gasteiger partial charge on any atom is 0.308 e. The molecule has 102 valence electrons. The SMILES string of the molecule is CC(=O)Oc1cc(Sc2ccccc2)ccc1C=NO. The van der Waals surface area contributed by atoms with E-state index in [1.807, 2.05) is 36.4 Å². The summed E-state index contributed by atoms with van der Waals surface area (Å²) in [5.41, 5.74) is 0.542. The minimum absolute atomic E-state index is 0.372. The molecule has 0 unspecified atom stereocenters. The van der Waals surface area contributed by atoms with E-state index in [9.17, 15) is 4.79 Å². The molecule has 2 aromatic carbocycles. The van der Waals surface area contributed by atoms with E-state index in [1.165, 1.54) is 13.1 Å². The van der Waals surface area contributed by atoms with Gasteiger partial charge in [0.1, 0.15) is 5.75 Å². The minimum Gasteiger partial charge on any atom is -0.426 e. The van der Waals surface area contributed by atoms with Gasteiger partial charge in [0.25, 0.3) is 0 Å². The fraction of sp³-hybridized carbons (Fsp3) is 0.0667. The number of nitrogens with zero attached hydrogens (tertiary/aromatic N) is 1. The summed E-state index contributed by atoms with van der Waals surface area (Å²) in [5.74, 6) is -0.0457. The number of carbonyl (C=O) groups is 1. The van der Waals surface area contributed by atoms with Crippen molar-refractivity contribution in [3.8, 4) is 5.75 Å². The minimum atomic E-state index is -0.417. The molecule has 0 bridgehead atoms. The maximum absolute atomic E-state index is 11.1. The standard InChI is InChI=1S/C15H13NO3S/c1-11(17)19-15-9-14(8-7-12(15)10-16-18)20-13-5-3-2-4-6-13/h2-10,18H,1H3. The van der Waals surface area contributed by atoms with Crippen LogP contribution in [0.15, 0.2) is 63.5 Å². The van der Waals surface area contributed by atoms with Crippen LogP contribution in [0.4, 0.5) is 0 Å². The molecule has 0 saturated carbocycles. The highest BCUT2D eigenvalue weighted by Crippen LogP contribution is 2.31. The Morgan fingerprint density at radius 2 is 1.95 bits per heavy atom. The van der Waals surface area contributed by atoms with Crippen LogP contribution in [0.3, 0.4) is 0 Å². The first-order valence-corrected chi connectivity index (χ1v) is 6.73. The van der Waals surface area contributed by atoms with Gasteiger partial charge >= 0.3 is 5.97 Å². The number of hydrogen-bond donors (Lipinski definition) is 1. The van der Waals surface area contributed by atoms with E-state index in [-0.39, 0.29) is 0 Å². The molecule has 0 aliphatic heterocycles. The third-order valence-electron chi connectivity index (χ3n) is 2.41. The summed E-state index contributed by atoms with van der Waals surface area (Å²) < 4.78 is 5.12. The van der Waals surface area contributed by atoms with Gasteiger partial charge in [0.15, 0.2) is 0 Å². The van der Waals surface area contributed by atoms with Crippen molar-refractivity contribution in [3.63, 3.8) is 0 Å². The van der Waals surface area contributed by atoms with E-state index in [4.69, 9.17) is 9.94 Å². The number of ether oxygens (including phenoxy) is 1. The van der Waals surface area contributed by atoms with E-state index in [1.54, 1.807) is 23.9 Å². The highest BCUT2D eigenvalue weighted by atomic mass is 32.2. The maximum atomic E-state index is 11.1. The molecule has 0 fully saturated rings. The molecular formula is C15H13NO3S. The molecule has 4 nitrogen and oxygen atoms in total. The van der Waals surface area contributed by atoms with E-state index in [0.29, 0.717) is 11.3 Å². The number of rotatable bonds is 4. The summed E-state index contributed by atoms with van der Waals surface area (Å²) >= 11 is 1.56. The summed E-state index contributed by atoms with van der Waals surface area (Å²) in [5, 5.41) is 11.6. The average molecular weight is 287 g/mol. The van der Waals surface area contributed by atoms with Gasteiger partial charge in [-0.05, 0) is 30.3 Å². The van der Waals surface area contributed by atoms with Gasteiger partial charge in [-0.3, -0.25) is 4.79 Å². The molecule has 0 radical (unpaired) electrons. The highest BCUT2D eigenvalue weighted by molar-refractivity contribution is 7.99. The predicted molar refractivity (Wildman–Crippen MR) is 77.7 cm³/mol. The van der Waals surface area contributed by atoms with Gasteiger partial charge in [-0.15, -0.1) is 0 Å². The number of esters is 1. The molecule has 0 atom stereocenters. The van der Waals surface area contributed by atoms with Crippen molar-refractivity contribution in [1.29, 1.82) is 0 Å². The van der Waals surface area contributed by atoms with Gasteiger partial charge < -0.3 is 9.94 Å². The number of benzene rings is 2. The Balaban J connectivity index is 2.29. The van der Waals surface area contributed by atoms with Crippen molar-refractivity contribution in [3.05, 3.63) is 54.1 Å². The van der Waals surface area contributed by atoms with Crippen LogP contribution in [0.2, 0.25) is 0 Å². The van der Waals surface area contributed by atoms with Crippen molar-refractivity contribution >= 4 is 23.9 Å². The van der Waals surface area contributed by atoms with Crippen molar-refractivity contribution < 1.29 is 14.7 Å². The third-order valence-corrected chi connectivity index (χ3v) is 3.41. The molecule has 0 aliphatic carbocycles. The smallest absolute Gasteiger partial charge is 0.308 e. The van der Waals surface area contributed by atoms with Crippen molar-refractivity contribution in [1.82, 2.24) is 0 Å². The summed E-state index contributed by atoms with van der Waals surface area (Å²) in [6.07, 6.45) is 1.23. The largest absolute Gasteiger partial charge is 0.426 e. The Labute approximate surface area is 121 Å². The van der Waals surface area contributed by atoms with Crippen LogP contribution < -0.4 is 4.74 Å². The second kappa shape index (κ2) is 6.77. The number of carbonyl (C=O) groups excluding carboxylic acids is 1. The molecule has 0 saturated heterocycles. The predicted octanol–water partition coefficient (Wildman–Crippen LogP) is 3.57. The lowest BCUT2D eigenvalue weighted by Crippen LogP contribution is -2.04. The monoisotopic (exact) mass is 287 g/mol. The van der Waals surface area contributed by atoms with E-state index in [2.05, 4.69) is 5.16 Å². The van der Waals surface area contributed by atoms with E-state index >= 15 is 0 Å². The Bertz CT molecular complexity index is 626. The average Bonchev–Trinajstić information content (AvgIpc) is 2.42. The van der Waals surface area contributed by atoms with Gasteiger partial charge in [0.2, 0.25) is 0 Å². The van der Waals surface area contributed by atoms with Crippen LogP contribution in [0.5, 0.6) is 5.75 Å². The molecular weight excluding hydrogens is 274 g/mol. The zero-order valence-electron chi connectivity index (χ0n) is 10.8. The van der Waals surface area contributed by atoms with Crippen LogP contribution in [-0.2, 0) is 4.79 Å². The van der Waals surface area contributed by atoms with Crippen LogP contribution >= 0.6 is 11.8 Å². The van der Waals surface area contributed by atoms with Crippen LogP contribution in [0.25, 0.3) is 0 Å². The molecule has 20 heavy (non-hydrogen) atoms. The second-order valence-electron chi connectivity index (χ2n) is 3.95. The summed E-state index contributed by atoms with van der Waals surface area (Å²) in [4.78, 5) is 13.1. The topological polar surface area (TPSA) is 58.9 Å². The van der Waals surface area contributed by atoms with Gasteiger partial charge in [-0.25, -0.2) is 0 Å². The van der Waals surface area contributed by atoms with Crippen LogP contribution in [0.1, 0.15) is 12.5 Å². The van der Waals surface area contributed by atoms with Crippen molar-refractivity contribution in [2.75, 3.05) is 0 Å². The Kier molecular flexibility index (Phi) is 4.79. The normalized spacial score (nSPS) is 10.7. The molecule has 0 heterocycles. The molecule has 1 N–H and O–H groups in total. The molecule has 2 aromatic rings. The quantitative estimate of drug-likeness (QED) is 0.307. The first-order chi connectivity index (χ1) is 9.69. The lowest BCUT2D eigenvalue weighted by atomic mass is 10.2. The van der Waals surface area contributed by atoms with Crippen molar-refractivity contribution in [2.24, 2.45) is 5.16 Å². The number of hydrogen-bond acceptors (Lipinski definition) is 5. The lowest BCUT2D eigenvalue weighted by Gasteiger charge is -2.08. The summed E-state index contributed by atoms with van der Waals surface area (Å²) in [6, 6.07) is 15.2. The van der Waals surface area contributed by atoms with Crippen molar-refractivity contribution in [2.45, 2.75) is 16.7 Å². The first-order valence-electron chi connectivity index (χ1n) is 5.92. The molecule has 0 spiro atoms. The van der Waals surface area contributed by atoms with Crippen LogP contribution in [-0.4, -0.2) is 17.4 Å². The fourth-order valence-electron chi connectivity index (χ4n) is 1.61. The van der Waals surface area contributed by atoms with Crippen LogP contribution in [0, 0.1) is 0 Å². The lowest BCUT2D eigenvalue weighted by molar-refractivity contribution is -0.131. The molecule has 2 rings (SSSR count). The summed E-state index contributed by atoms with van der Waals surface area (Å²) in [7, 11) is 0. The zero-order chi connectivity index (χ0) is 14.4. The fourth-order valence-corrected chi connectivity index (χ4v) is 2.48. The Hall–Kier alpha value is -2.27. The Morgan fingerprint density at radius 1 is 1.20 bits per heavy atom. The third kappa shape index (κ3) is 3.86. The second-order valence-corrected chi connectivity index (χ2v) is 5.10. The molecule has 0 aliphatic rings. The van der Waals surface area contributed by atoms with Gasteiger partial charge in [-0.1, -0.05) is 35.1 Å². The van der Waals surface area contributed by atoms with Gasteiger partial charge in [0, 0.05) is 22.3 Å². The van der Waals surface area contributed by atoms with Gasteiger partial charge in [0.05, 0.1) is 6.21 Å². The highest BCUT2D eigenvalue weighted by Gasteiger charge is 2.07. The van der Waals surface area contributed by atoms with E-state index < -0.39 is 5.97 Å².